The van der Waals surface area contributed by atoms with E-state index in [-0.39, 0.29) is 18.9 Å². The molecule has 0 aromatic heterocycles. The van der Waals surface area contributed by atoms with Crippen molar-refractivity contribution in [2.24, 2.45) is 0 Å². The molecule has 0 spiro atoms. The summed E-state index contributed by atoms with van der Waals surface area (Å²) < 4.78 is 5.02. The van der Waals surface area contributed by atoms with Crippen molar-refractivity contribution in [1.29, 1.82) is 0 Å². The van der Waals surface area contributed by atoms with E-state index >= 15 is 0 Å². The Bertz CT molecular complexity index is 271. The molecule has 0 atom stereocenters. The van der Waals surface area contributed by atoms with Crippen LogP contribution in [0.4, 0.5) is 0 Å². The summed E-state index contributed by atoms with van der Waals surface area (Å²) in [5.41, 5.74) is 1.22. The summed E-state index contributed by atoms with van der Waals surface area (Å²) in [5, 5.41) is 0. The molecule has 0 fully saturated rings. The van der Waals surface area contributed by atoms with Gasteiger partial charge in [-0.2, -0.15) is 0 Å². The maximum Gasteiger partial charge on any atom is 1.00 e. The van der Waals surface area contributed by atoms with Crippen molar-refractivity contribution in [1.82, 2.24) is 0 Å². The van der Waals surface area contributed by atoms with Crippen molar-refractivity contribution in [3.63, 3.8) is 0 Å². The summed E-state index contributed by atoms with van der Waals surface area (Å²) in [5.74, 6) is 3.24. The first-order chi connectivity index (χ1) is 5.86. The average Bonchev–Trinajstić information content (AvgIpc) is 2.15. The predicted octanol–water partition coefficient (Wildman–Crippen LogP) is -0.778. The average molecular weight is 166 g/mol. The van der Waals surface area contributed by atoms with Crippen molar-refractivity contribution in [2.45, 2.75) is 12.8 Å². The fourth-order valence-corrected chi connectivity index (χ4v) is 0.999. The molecule has 2 heteroatoms. The molecule has 62 valence electrons. The van der Waals surface area contributed by atoms with Gasteiger partial charge in [0.2, 0.25) is 0 Å². The van der Waals surface area contributed by atoms with Gasteiger partial charge in [0.1, 0.15) is 5.75 Å². The zero-order chi connectivity index (χ0) is 8.81. The van der Waals surface area contributed by atoms with E-state index in [1.807, 2.05) is 24.3 Å². The topological polar surface area (TPSA) is 9.23 Å². The van der Waals surface area contributed by atoms with Crippen LogP contribution in [0.5, 0.6) is 5.75 Å². The van der Waals surface area contributed by atoms with Crippen molar-refractivity contribution in [3.8, 4) is 11.7 Å². The molecule has 0 aliphatic carbocycles. The van der Waals surface area contributed by atoms with Crippen molar-refractivity contribution in [3.05, 3.63) is 36.3 Å². The third-order valence-corrected chi connectivity index (χ3v) is 1.70. The Morgan fingerprint density at radius 3 is 2.38 bits per heavy atom. The molecule has 0 amide bonds. The summed E-state index contributed by atoms with van der Waals surface area (Å²) in [4.78, 5) is 0. The zero-order valence-electron chi connectivity index (χ0n) is 8.13. The maximum absolute atomic E-state index is 6.76. The van der Waals surface area contributed by atoms with Gasteiger partial charge in [-0.25, -0.2) is 0 Å². The molecule has 1 rings (SSSR count). The standard InChI is InChI=1S/C11H11O.Li/c1-3-4-5-10-6-8-11(12-2)9-7-10;/h6-9H,4-5H2,2H3;/q-1;+1. The Kier molecular flexibility index (Phi) is 6.25. The van der Waals surface area contributed by atoms with Gasteiger partial charge in [-0.05, 0) is 30.5 Å². The van der Waals surface area contributed by atoms with Crippen LogP contribution in [0.2, 0.25) is 0 Å². The third-order valence-electron chi connectivity index (χ3n) is 1.70. The fourth-order valence-electron chi connectivity index (χ4n) is 0.999. The van der Waals surface area contributed by atoms with Crippen LogP contribution in [-0.4, -0.2) is 7.11 Å². The second-order valence-corrected chi connectivity index (χ2v) is 2.52. The van der Waals surface area contributed by atoms with Gasteiger partial charge in [-0.3, -0.25) is 0 Å². The summed E-state index contributed by atoms with van der Waals surface area (Å²) in [6.45, 7) is 0. The van der Waals surface area contributed by atoms with E-state index in [4.69, 9.17) is 11.2 Å². The predicted molar refractivity (Wildman–Crippen MR) is 48.4 cm³/mol. The molecule has 0 aliphatic rings. The van der Waals surface area contributed by atoms with Gasteiger partial charge in [0, 0.05) is 0 Å². The van der Waals surface area contributed by atoms with Crippen LogP contribution >= 0.6 is 0 Å². The van der Waals surface area contributed by atoms with E-state index in [1.165, 1.54) is 5.56 Å². The molecular formula is C11H11LiO. The van der Waals surface area contributed by atoms with Crippen LogP contribution in [-0.2, 0) is 6.42 Å². The number of aryl methyl sites for hydroxylation is 1. The second kappa shape index (κ2) is 6.67. The van der Waals surface area contributed by atoms with Crippen LogP contribution in [0.25, 0.3) is 0 Å². The first kappa shape index (κ1) is 12.2. The molecule has 0 N–H and O–H groups in total. The number of methoxy groups -OCH3 is 1. The largest absolute Gasteiger partial charge is 1.00 e. The normalized spacial score (nSPS) is 8.31. The molecule has 0 saturated carbocycles. The van der Waals surface area contributed by atoms with Crippen molar-refractivity contribution >= 4 is 0 Å². The molecular weight excluding hydrogens is 155 g/mol. The molecule has 0 aliphatic heterocycles. The first-order valence-electron chi connectivity index (χ1n) is 3.89. The van der Waals surface area contributed by atoms with Crippen LogP contribution < -0.4 is 23.6 Å². The molecule has 13 heavy (non-hydrogen) atoms. The Hall–Kier alpha value is -0.823. The summed E-state index contributed by atoms with van der Waals surface area (Å²) in [6.07, 6.45) is 8.32. The van der Waals surface area contributed by atoms with Gasteiger partial charge >= 0.3 is 18.9 Å². The number of benzene rings is 1. The van der Waals surface area contributed by atoms with Gasteiger partial charge in [-0.15, -0.1) is 0 Å². The van der Waals surface area contributed by atoms with Crippen LogP contribution in [0.3, 0.4) is 0 Å². The quantitative estimate of drug-likeness (QED) is 0.325. The number of rotatable bonds is 3. The molecule has 0 bridgehead atoms. The number of hydrogen-bond donors (Lipinski definition) is 0. The van der Waals surface area contributed by atoms with Crippen LogP contribution in [0.1, 0.15) is 12.0 Å². The van der Waals surface area contributed by atoms with Gasteiger partial charge in [0.05, 0.1) is 7.11 Å². The minimum absolute atomic E-state index is 0. The fraction of sp³-hybridized carbons (Fsp3) is 0.273. The third kappa shape index (κ3) is 4.09. The molecule has 1 aromatic rings. The van der Waals surface area contributed by atoms with E-state index in [1.54, 1.807) is 7.11 Å². The summed E-state index contributed by atoms with van der Waals surface area (Å²) in [7, 11) is 1.65. The van der Waals surface area contributed by atoms with Crippen LogP contribution in [0.15, 0.2) is 24.3 Å². The summed E-state index contributed by atoms with van der Waals surface area (Å²) >= 11 is 0. The minimum Gasteiger partial charge on any atom is -0.694 e. The first-order valence-corrected chi connectivity index (χ1v) is 3.89. The van der Waals surface area contributed by atoms with Crippen LogP contribution in [0, 0.1) is 12.3 Å². The Morgan fingerprint density at radius 2 is 1.92 bits per heavy atom. The molecule has 1 aromatic carbocycles. The van der Waals surface area contributed by atoms with Crippen molar-refractivity contribution < 1.29 is 23.6 Å². The summed E-state index contributed by atoms with van der Waals surface area (Å²) in [6, 6.07) is 7.88. The molecule has 0 unspecified atom stereocenters. The van der Waals surface area contributed by atoms with Gasteiger partial charge in [0.15, 0.2) is 0 Å². The Balaban J connectivity index is 0.00000144. The monoisotopic (exact) mass is 166 g/mol. The molecule has 0 radical (unpaired) electrons. The Labute approximate surface area is 91.7 Å². The molecule has 0 heterocycles. The van der Waals surface area contributed by atoms with Gasteiger partial charge < -0.3 is 17.1 Å². The smallest absolute Gasteiger partial charge is 0.694 e. The second-order valence-electron chi connectivity index (χ2n) is 2.52. The van der Waals surface area contributed by atoms with Crippen molar-refractivity contribution in [2.75, 3.05) is 7.11 Å². The number of ether oxygens (including phenoxy) is 1. The zero-order valence-corrected chi connectivity index (χ0v) is 8.13. The van der Waals surface area contributed by atoms with E-state index in [2.05, 4.69) is 5.92 Å². The maximum atomic E-state index is 6.76. The van der Waals surface area contributed by atoms with E-state index in [9.17, 15) is 0 Å². The SMILES string of the molecule is [C-]#CCCc1ccc(OC)cc1.[Li+]. The van der Waals surface area contributed by atoms with Gasteiger partial charge in [0.25, 0.3) is 0 Å². The van der Waals surface area contributed by atoms with E-state index < -0.39 is 0 Å². The van der Waals surface area contributed by atoms with E-state index in [0.717, 1.165) is 12.2 Å². The number of hydrogen-bond acceptors (Lipinski definition) is 1. The Morgan fingerprint density at radius 1 is 1.31 bits per heavy atom. The van der Waals surface area contributed by atoms with Gasteiger partial charge in [-0.1, -0.05) is 12.1 Å². The van der Waals surface area contributed by atoms with E-state index in [0.29, 0.717) is 6.42 Å². The molecule has 0 saturated heterocycles. The minimum atomic E-state index is 0. The molecule has 1 nitrogen and oxygen atoms in total.